The van der Waals surface area contributed by atoms with E-state index in [9.17, 15) is 13.2 Å². The molecular formula is C21H18Cl2N2O3S. The molecule has 0 atom stereocenters. The van der Waals surface area contributed by atoms with Crippen molar-refractivity contribution in [3.63, 3.8) is 0 Å². The van der Waals surface area contributed by atoms with Crippen molar-refractivity contribution in [3.05, 3.63) is 88.4 Å². The quantitative estimate of drug-likeness (QED) is 0.544. The highest BCUT2D eigenvalue weighted by Crippen LogP contribution is 2.27. The topological polar surface area (TPSA) is 66.5 Å². The van der Waals surface area contributed by atoms with Gasteiger partial charge in [-0.05, 0) is 61.5 Å². The van der Waals surface area contributed by atoms with Crippen LogP contribution in [0.2, 0.25) is 10.0 Å². The molecule has 1 amide bonds. The summed E-state index contributed by atoms with van der Waals surface area (Å²) in [7, 11) is -3.75. The molecule has 0 bridgehead atoms. The molecule has 0 unspecified atom stereocenters. The Hall–Kier alpha value is -2.54. The molecule has 0 aliphatic heterocycles. The van der Waals surface area contributed by atoms with Gasteiger partial charge in [-0.25, -0.2) is 8.42 Å². The van der Waals surface area contributed by atoms with E-state index in [0.717, 1.165) is 0 Å². The molecule has 0 radical (unpaired) electrons. The van der Waals surface area contributed by atoms with Gasteiger partial charge < -0.3 is 5.32 Å². The Morgan fingerprint density at radius 1 is 0.966 bits per heavy atom. The average molecular weight is 449 g/mol. The molecule has 3 aromatic carbocycles. The number of sulfonamides is 1. The number of hydrogen-bond donors (Lipinski definition) is 1. The zero-order valence-corrected chi connectivity index (χ0v) is 17.8. The van der Waals surface area contributed by atoms with E-state index in [1.807, 2.05) is 6.07 Å². The Bertz CT molecular complexity index is 1120. The molecule has 1 N–H and O–H groups in total. The molecule has 3 rings (SSSR count). The van der Waals surface area contributed by atoms with Crippen molar-refractivity contribution < 1.29 is 13.2 Å². The summed E-state index contributed by atoms with van der Waals surface area (Å²) in [5.74, 6) is -0.423. The zero-order chi connectivity index (χ0) is 21.0. The Labute approximate surface area is 179 Å². The van der Waals surface area contributed by atoms with Gasteiger partial charge in [0.25, 0.3) is 15.9 Å². The normalized spacial score (nSPS) is 11.1. The maximum absolute atomic E-state index is 13.0. The van der Waals surface area contributed by atoms with Crippen LogP contribution < -0.4 is 9.62 Å². The largest absolute Gasteiger partial charge is 0.321 e. The highest BCUT2D eigenvalue weighted by Gasteiger charge is 2.23. The number of hydrogen-bond acceptors (Lipinski definition) is 3. The van der Waals surface area contributed by atoms with Crippen molar-refractivity contribution in [2.45, 2.75) is 11.8 Å². The van der Waals surface area contributed by atoms with E-state index in [2.05, 4.69) is 5.32 Å². The van der Waals surface area contributed by atoms with E-state index in [0.29, 0.717) is 27.0 Å². The van der Waals surface area contributed by atoms with Gasteiger partial charge in [-0.15, -0.1) is 0 Å². The second-order valence-corrected chi connectivity index (χ2v) is 8.81. The first-order valence-corrected chi connectivity index (χ1v) is 11.0. The molecule has 0 saturated heterocycles. The number of para-hydroxylation sites is 1. The van der Waals surface area contributed by atoms with E-state index < -0.39 is 15.9 Å². The van der Waals surface area contributed by atoms with Gasteiger partial charge in [0.15, 0.2) is 0 Å². The Balaban J connectivity index is 1.83. The standard InChI is InChI=1S/C21H18Cl2N2O3S/c1-2-25(17-6-4-3-5-7-17)29(27,28)18-11-8-15(9-12-18)21(26)24-20-14-16(22)10-13-19(20)23/h3-14H,2H2,1H3,(H,24,26). The molecule has 5 nitrogen and oxygen atoms in total. The van der Waals surface area contributed by atoms with Crippen molar-refractivity contribution in [2.24, 2.45) is 0 Å². The van der Waals surface area contributed by atoms with Crippen LogP contribution in [0.4, 0.5) is 11.4 Å². The number of nitrogens with one attached hydrogen (secondary N) is 1. The van der Waals surface area contributed by atoms with Crippen LogP contribution in [0.3, 0.4) is 0 Å². The van der Waals surface area contributed by atoms with Gasteiger partial charge in [-0.2, -0.15) is 0 Å². The van der Waals surface area contributed by atoms with Gasteiger partial charge in [0.05, 0.1) is 21.3 Å². The molecule has 150 valence electrons. The summed E-state index contributed by atoms with van der Waals surface area (Å²) in [6, 6.07) is 19.3. The zero-order valence-electron chi connectivity index (χ0n) is 15.5. The van der Waals surface area contributed by atoms with Crippen molar-refractivity contribution in [1.29, 1.82) is 0 Å². The fourth-order valence-electron chi connectivity index (χ4n) is 2.78. The summed E-state index contributed by atoms with van der Waals surface area (Å²) in [5, 5.41) is 3.46. The number of carbonyl (C=O) groups is 1. The number of rotatable bonds is 6. The maximum Gasteiger partial charge on any atom is 0.264 e. The SMILES string of the molecule is CCN(c1ccccc1)S(=O)(=O)c1ccc(C(=O)Nc2cc(Cl)ccc2Cl)cc1. The van der Waals surface area contributed by atoms with Crippen LogP contribution in [0.15, 0.2) is 77.7 Å². The monoisotopic (exact) mass is 448 g/mol. The van der Waals surface area contributed by atoms with E-state index in [1.54, 1.807) is 49.4 Å². The van der Waals surface area contributed by atoms with Crippen LogP contribution in [-0.4, -0.2) is 20.9 Å². The fraction of sp³-hybridized carbons (Fsp3) is 0.0952. The minimum atomic E-state index is -3.75. The third-order valence-corrected chi connectivity index (χ3v) is 6.69. The molecule has 0 heterocycles. The van der Waals surface area contributed by atoms with Crippen molar-refractivity contribution in [2.75, 3.05) is 16.2 Å². The maximum atomic E-state index is 13.0. The predicted octanol–water partition coefficient (Wildman–Crippen LogP) is 5.46. The number of carbonyl (C=O) groups excluding carboxylic acids is 1. The van der Waals surface area contributed by atoms with Crippen LogP contribution >= 0.6 is 23.2 Å². The van der Waals surface area contributed by atoms with Crippen LogP contribution in [0, 0.1) is 0 Å². The first-order valence-electron chi connectivity index (χ1n) is 8.77. The lowest BCUT2D eigenvalue weighted by Crippen LogP contribution is -2.30. The smallest absolute Gasteiger partial charge is 0.264 e. The number of benzene rings is 3. The summed E-state index contributed by atoms with van der Waals surface area (Å²) in [6.07, 6.45) is 0. The van der Waals surface area contributed by atoms with Crippen LogP contribution in [-0.2, 0) is 10.0 Å². The Kier molecular flexibility index (Phi) is 6.47. The van der Waals surface area contributed by atoms with Crippen molar-refractivity contribution >= 4 is 50.5 Å². The molecule has 29 heavy (non-hydrogen) atoms. The minimum Gasteiger partial charge on any atom is -0.321 e. The van der Waals surface area contributed by atoms with Crippen molar-refractivity contribution in [3.8, 4) is 0 Å². The number of nitrogens with zero attached hydrogens (tertiary/aromatic N) is 1. The summed E-state index contributed by atoms with van der Waals surface area (Å²) in [6.45, 7) is 2.04. The molecule has 0 spiro atoms. The van der Waals surface area contributed by atoms with Crippen LogP contribution in [0.5, 0.6) is 0 Å². The van der Waals surface area contributed by atoms with Gasteiger partial charge in [0.2, 0.25) is 0 Å². The highest BCUT2D eigenvalue weighted by molar-refractivity contribution is 7.92. The number of anilines is 2. The summed E-state index contributed by atoms with van der Waals surface area (Å²) in [5.41, 5.74) is 1.25. The molecule has 0 fully saturated rings. The van der Waals surface area contributed by atoms with E-state index >= 15 is 0 Å². The predicted molar refractivity (Wildman–Crippen MR) is 118 cm³/mol. The molecule has 8 heteroatoms. The van der Waals surface area contributed by atoms with E-state index in [1.165, 1.54) is 28.6 Å². The van der Waals surface area contributed by atoms with Gasteiger partial charge in [0, 0.05) is 17.1 Å². The van der Waals surface area contributed by atoms with Crippen LogP contribution in [0.1, 0.15) is 17.3 Å². The van der Waals surface area contributed by atoms with E-state index in [4.69, 9.17) is 23.2 Å². The molecule has 3 aromatic rings. The van der Waals surface area contributed by atoms with E-state index in [-0.39, 0.29) is 11.4 Å². The van der Waals surface area contributed by atoms with Gasteiger partial charge in [0.1, 0.15) is 0 Å². The highest BCUT2D eigenvalue weighted by atomic mass is 35.5. The second kappa shape index (κ2) is 8.86. The summed E-state index contributed by atoms with van der Waals surface area (Å²) < 4.78 is 27.3. The lowest BCUT2D eigenvalue weighted by Gasteiger charge is -2.23. The molecule has 0 aliphatic rings. The summed E-state index contributed by atoms with van der Waals surface area (Å²) in [4.78, 5) is 12.6. The van der Waals surface area contributed by atoms with Gasteiger partial charge in [-0.3, -0.25) is 9.10 Å². The number of halogens is 2. The molecule has 0 aromatic heterocycles. The van der Waals surface area contributed by atoms with Crippen molar-refractivity contribution in [1.82, 2.24) is 0 Å². The fourth-order valence-corrected chi connectivity index (χ4v) is 4.59. The Morgan fingerprint density at radius 3 is 2.24 bits per heavy atom. The van der Waals surface area contributed by atoms with Gasteiger partial charge >= 0.3 is 0 Å². The lowest BCUT2D eigenvalue weighted by atomic mass is 10.2. The average Bonchev–Trinajstić information content (AvgIpc) is 2.72. The van der Waals surface area contributed by atoms with Crippen LogP contribution in [0.25, 0.3) is 0 Å². The number of amides is 1. The molecule has 0 aliphatic carbocycles. The second-order valence-electron chi connectivity index (χ2n) is 6.11. The first kappa shape index (κ1) is 21.2. The lowest BCUT2D eigenvalue weighted by molar-refractivity contribution is 0.102. The third-order valence-electron chi connectivity index (χ3n) is 4.21. The third kappa shape index (κ3) is 4.72. The molecule has 0 saturated carbocycles. The van der Waals surface area contributed by atoms with Gasteiger partial charge in [-0.1, -0.05) is 41.4 Å². The Morgan fingerprint density at radius 2 is 1.62 bits per heavy atom. The minimum absolute atomic E-state index is 0.0977. The summed E-state index contributed by atoms with van der Waals surface area (Å²) >= 11 is 12.0. The first-order chi connectivity index (χ1) is 13.8. The molecular weight excluding hydrogens is 431 g/mol.